The van der Waals surface area contributed by atoms with Crippen LogP contribution in [0.4, 0.5) is 4.79 Å². The molecule has 0 aromatic heterocycles. The summed E-state index contributed by atoms with van der Waals surface area (Å²) in [4.78, 5) is 25.0. The zero-order valence-electron chi connectivity index (χ0n) is 18.4. The van der Waals surface area contributed by atoms with Gasteiger partial charge in [0.05, 0.1) is 25.3 Å². The minimum atomic E-state index is -0.663. The number of esters is 1. The van der Waals surface area contributed by atoms with E-state index in [1.54, 1.807) is 44.4 Å². The molecule has 1 aliphatic rings. The van der Waals surface area contributed by atoms with Crippen LogP contribution in [-0.2, 0) is 16.1 Å². The van der Waals surface area contributed by atoms with Gasteiger partial charge in [0, 0.05) is 10.7 Å². The monoisotopic (exact) mass is 458 g/mol. The van der Waals surface area contributed by atoms with Crippen LogP contribution in [0.2, 0.25) is 5.02 Å². The number of hydrogen-bond acceptors (Lipinski definition) is 5. The number of nitrogens with one attached hydrogen (secondary N) is 2. The van der Waals surface area contributed by atoms with Crippen molar-refractivity contribution in [2.75, 3.05) is 13.7 Å². The molecule has 8 heteroatoms. The summed E-state index contributed by atoms with van der Waals surface area (Å²) < 4.78 is 16.7. The molecule has 7 nitrogen and oxygen atoms in total. The van der Waals surface area contributed by atoms with Crippen LogP contribution in [0.15, 0.2) is 53.7 Å². The van der Waals surface area contributed by atoms with Gasteiger partial charge in [-0.05, 0) is 48.7 Å². The van der Waals surface area contributed by atoms with Crippen molar-refractivity contribution >= 4 is 23.6 Å². The Balaban J connectivity index is 1.90. The normalized spacial score (nSPS) is 15.6. The molecule has 0 saturated heterocycles. The summed E-state index contributed by atoms with van der Waals surface area (Å²) in [5, 5.41) is 6.24. The van der Waals surface area contributed by atoms with Crippen molar-refractivity contribution in [3.05, 3.63) is 69.9 Å². The highest BCUT2D eigenvalue weighted by atomic mass is 35.5. The third-order valence-electron chi connectivity index (χ3n) is 4.98. The van der Waals surface area contributed by atoms with Gasteiger partial charge in [-0.3, -0.25) is 0 Å². The molecule has 3 rings (SSSR count). The van der Waals surface area contributed by atoms with E-state index in [-0.39, 0.29) is 12.6 Å². The zero-order valence-corrected chi connectivity index (χ0v) is 19.1. The molecule has 0 spiro atoms. The predicted octanol–water partition coefficient (Wildman–Crippen LogP) is 4.90. The van der Waals surface area contributed by atoms with Gasteiger partial charge >= 0.3 is 12.0 Å². The van der Waals surface area contributed by atoms with E-state index in [9.17, 15) is 9.59 Å². The van der Waals surface area contributed by atoms with Crippen molar-refractivity contribution in [2.24, 2.45) is 0 Å². The fourth-order valence-electron chi connectivity index (χ4n) is 3.49. The van der Waals surface area contributed by atoms with Gasteiger partial charge in [0.2, 0.25) is 0 Å². The second-order valence-electron chi connectivity index (χ2n) is 7.22. The van der Waals surface area contributed by atoms with Gasteiger partial charge in [0.25, 0.3) is 0 Å². The summed E-state index contributed by atoms with van der Waals surface area (Å²) in [6.45, 7) is 4.31. The Morgan fingerprint density at radius 3 is 2.50 bits per heavy atom. The maximum atomic E-state index is 12.7. The lowest BCUT2D eigenvalue weighted by atomic mass is 9.93. The molecule has 1 heterocycles. The molecule has 0 fully saturated rings. The lowest BCUT2D eigenvalue weighted by Crippen LogP contribution is -2.46. The van der Waals surface area contributed by atoms with Crippen LogP contribution >= 0.6 is 11.6 Å². The summed E-state index contributed by atoms with van der Waals surface area (Å²) in [7, 11) is 1.54. The number of carbonyl (C=O) groups excluding carboxylic acids is 2. The molecule has 0 saturated carbocycles. The number of ether oxygens (including phenoxy) is 3. The molecule has 2 aromatic rings. The van der Waals surface area contributed by atoms with Crippen LogP contribution in [-0.4, -0.2) is 25.7 Å². The fourth-order valence-corrected chi connectivity index (χ4v) is 3.62. The Hall–Kier alpha value is -3.19. The molecule has 32 heavy (non-hydrogen) atoms. The Labute approximate surface area is 192 Å². The second-order valence-corrected chi connectivity index (χ2v) is 7.66. The number of carbonyl (C=O) groups is 2. The first kappa shape index (κ1) is 23.5. The maximum absolute atomic E-state index is 12.7. The molecule has 1 atom stereocenters. The minimum absolute atomic E-state index is 0.239. The molecule has 0 radical (unpaired) electrons. The number of allylic oxidation sites excluding steroid dienone is 1. The Morgan fingerprint density at radius 2 is 1.84 bits per heavy atom. The van der Waals surface area contributed by atoms with Gasteiger partial charge in [0.15, 0.2) is 11.5 Å². The first-order valence-electron chi connectivity index (χ1n) is 10.5. The lowest BCUT2D eigenvalue weighted by Gasteiger charge is -2.29. The average Bonchev–Trinajstić information content (AvgIpc) is 2.78. The van der Waals surface area contributed by atoms with Crippen LogP contribution in [0.3, 0.4) is 0 Å². The summed E-state index contributed by atoms with van der Waals surface area (Å²) in [5.74, 6) is 0.571. The lowest BCUT2D eigenvalue weighted by molar-refractivity contribution is -0.139. The van der Waals surface area contributed by atoms with E-state index < -0.39 is 12.0 Å². The van der Waals surface area contributed by atoms with Crippen molar-refractivity contribution in [3.8, 4) is 11.5 Å². The van der Waals surface area contributed by atoms with Crippen molar-refractivity contribution < 1.29 is 23.8 Å². The standard InChI is InChI=1S/C24H27ClN2O5/c1-4-6-18-21(23(28)31-5-2)22(27-24(29)26-18)16-9-12-19(20(13-16)30-3)32-14-15-7-10-17(25)11-8-15/h7-13,22H,4-6,14H2,1-3H3,(H2,26,27,29). The van der Waals surface area contributed by atoms with Crippen molar-refractivity contribution in [1.29, 1.82) is 0 Å². The highest BCUT2D eigenvalue weighted by Gasteiger charge is 2.33. The van der Waals surface area contributed by atoms with Crippen molar-refractivity contribution in [2.45, 2.75) is 39.3 Å². The highest BCUT2D eigenvalue weighted by molar-refractivity contribution is 6.30. The van der Waals surface area contributed by atoms with Crippen molar-refractivity contribution in [1.82, 2.24) is 10.6 Å². The second kappa shape index (κ2) is 10.9. The molecule has 0 aliphatic carbocycles. The third kappa shape index (κ3) is 5.53. The van der Waals surface area contributed by atoms with Crippen molar-refractivity contribution in [3.63, 3.8) is 0 Å². The van der Waals surface area contributed by atoms with E-state index >= 15 is 0 Å². The van der Waals surface area contributed by atoms with Crippen LogP contribution in [0.1, 0.15) is 43.9 Å². The predicted molar refractivity (Wildman–Crippen MR) is 122 cm³/mol. The molecule has 0 bridgehead atoms. The topological polar surface area (TPSA) is 85.9 Å². The van der Waals surface area contributed by atoms with Gasteiger partial charge in [-0.2, -0.15) is 0 Å². The maximum Gasteiger partial charge on any atom is 0.338 e. The van der Waals surface area contributed by atoms with E-state index in [2.05, 4.69) is 10.6 Å². The largest absolute Gasteiger partial charge is 0.493 e. The molecule has 2 aromatic carbocycles. The number of benzene rings is 2. The molecule has 1 unspecified atom stereocenters. The molecular weight excluding hydrogens is 432 g/mol. The minimum Gasteiger partial charge on any atom is -0.493 e. The summed E-state index contributed by atoms with van der Waals surface area (Å²) in [5.41, 5.74) is 2.61. The fraction of sp³-hybridized carbons (Fsp3) is 0.333. The van der Waals surface area contributed by atoms with E-state index in [0.29, 0.717) is 46.4 Å². The molecule has 2 amide bonds. The van der Waals surface area contributed by atoms with E-state index in [1.165, 1.54) is 0 Å². The average molecular weight is 459 g/mol. The smallest absolute Gasteiger partial charge is 0.338 e. The summed E-state index contributed by atoms with van der Waals surface area (Å²) >= 11 is 5.93. The molecule has 1 aliphatic heterocycles. The number of halogens is 1. The number of urea groups is 1. The zero-order chi connectivity index (χ0) is 23.1. The quantitative estimate of drug-likeness (QED) is 0.522. The Bertz CT molecular complexity index is 1000. The Morgan fingerprint density at radius 1 is 1.09 bits per heavy atom. The first-order valence-corrected chi connectivity index (χ1v) is 10.9. The summed E-state index contributed by atoms with van der Waals surface area (Å²) in [6.07, 6.45) is 1.32. The highest BCUT2D eigenvalue weighted by Crippen LogP contribution is 2.35. The number of rotatable bonds is 9. The van der Waals surface area contributed by atoms with Gasteiger partial charge < -0.3 is 24.8 Å². The van der Waals surface area contributed by atoms with E-state index in [4.69, 9.17) is 25.8 Å². The van der Waals surface area contributed by atoms with E-state index in [1.807, 2.05) is 19.1 Å². The third-order valence-corrected chi connectivity index (χ3v) is 5.23. The van der Waals surface area contributed by atoms with Crippen LogP contribution in [0, 0.1) is 0 Å². The molecule has 170 valence electrons. The van der Waals surface area contributed by atoms with E-state index in [0.717, 1.165) is 12.0 Å². The van der Waals surface area contributed by atoms with Gasteiger partial charge in [-0.25, -0.2) is 9.59 Å². The van der Waals surface area contributed by atoms with Crippen LogP contribution < -0.4 is 20.1 Å². The Kier molecular flexibility index (Phi) is 8.00. The molecular formula is C24H27ClN2O5. The molecule has 2 N–H and O–H groups in total. The summed E-state index contributed by atoms with van der Waals surface area (Å²) in [6, 6.07) is 11.7. The first-order chi connectivity index (χ1) is 15.5. The number of amides is 2. The van der Waals surface area contributed by atoms with Gasteiger partial charge in [0.1, 0.15) is 6.61 Å². The number of methoxy groups -OCH3 is 1. The SMILES string of the molecule is CCCC1=C(C(=O)OCC)C(c2ccc(OCc3ccc(Cl)cc3)c(OC)c2)NC(=O)N1. The number of hydrogen-bond donors (Lipinski definition) is 2. The van der Waals surface area contributed by atoms with Crippen LogP contribution in [0.25, 0.3) is 0 Å². The van der Waals surface area contributed by atoms with Crippen LogP contribution in [0.5, 0.6) is 11.5 Å². The van der Waals surface area contributed by atoms with Gasteiger partial charge in [-0.1, -0.05) is 43.1 Å². The van der Waals surface area contributed by atoms with Gasteiger partial charge in [-0.15, -0.1) is 0 Å².